The van der Waals surface area contributed by atoms with Crippen molar-refractivity contribution in [2.24, 2.45) is 0 Å². The lowest BCUT2D eigenvalue weighted by Gasteiger charge is -2.35. The highest BCUT2D eigenvalue weighted by Gasteiger charge is 2.20. The monoisotopic (exact) mass is 281 g/mol. The number of piperidine rings is 1. The van der Waals surface area contributed by atoms with Gasteiger partial charge in [0.05, 0.1) is 0 Å². The van der Waals surface area contributed by atoms with Gasteiger partial charge in [0.2, 0.25) is 0 Å². The normalized spacial score (nSPS) is 17.7. The smallest absolute Gasteiger partial charge is 0.0397 e. The van der Waals surface area contributed by atoms with Crippen molar-refractivity contribution in [1.29, 1.82) is 0 Å². The number of hydrogen-bond donors (Lipinski definition) is 1. The minimum Gasteiger partial charge on any atom is -0.371 e. The van der Waals surface area contributed by atoms with Gasteiger partial charge in [-0.15, -0.1) is 0 Å². The second kappa shape index (κ2) is 6.72. The summed E-state index contributed by atoms with van der Waals surface area (Å²) in [5.74, 6) is 0. The quantitative estimate of drug-likeness (QED) is 0.931. The zero-order valence-corrected chi connectivity index (χ0v) is 12.6. The number of anilines is 1. The van der Waals surface area contributed by atoms with E-state index in [2.05, 4.69) is 64.6 Å². The van der Waals surface area contributed by atoms with Gasteiger partial charge in [0.1, 0.15) is 0 Å². The molecule has 3 rings (SSSR count). The molecule has 0 aliphatic carbocycles. The maximum absolute atomic E-state index is 4.09. The fraction of sp³-hybridized carbons (Fsp3) is 0.389. The highest BCUT2D eigenvalue weighted by Crippen LogP contribution is 2.21. The number of nitrogens with zero attached hydrogens (tertiary/aromatic N) is 2. The summed E-state index contributed by atoms with van der Waals surface area (Å²) < 4.78 is 0. The molecule has 21 heavy (non-hydrogen) atoms. The van der Waals surface area contributed by atoms with Crippen LogP contribution in [0.5, 0.6) is 0 Å². The van der Waals surface area contributed by atoms with Crippen LogP contribution in [0.15, 0.2) is 54.9 Å². The molecule has 1 aliphatic heterocycles. The second-order valence-corrected chi connectivity index (χ2v) is 5.77. The SMILES string of the molecule is C[C@@H](NC1CCN(c2ccncc2)CC1)c1ccccc1. The summed E-state index contributed by atoms with van der Waals surface area (Å²) in [4.78, 5) is 6.54. The molecule has 3 nitrogen and oxygen atoms in total. The van der Waals surface area contributed by atoms with Gasteiger partial charge in [-0.1, -0.05) is 30.3 Å². The summed E-state index contributed by atoms with van der Waals surface area (Å²) in [5.41, 5.74) is 2.66. The van der Waals surface area contributed by atoms with E-state index in [1.54, 1.807) is 0 Å². The molecular weight excluding hydrogens is 258 g/mol. The molecule has 0 amide bonds. The maximum atomic E-state index is 4.09. The average Bonchev–Trinajstić information content (AvgIpc) is 2.57. The van der Waals surface area contributed by atoms with Crippen molar-refractivity contribution >= 4 is 5.69 Å². The highest BCUT2D eigenvalue weighted by atomic mass is 15.1. The fourth-order valence-corrected chi connectivity index (χ4v) is 3.05. The van der Waals surface area contributed by atoms with Crippen LogP contribution in [-0.2, 0) is 0 Å². The molecule has 0 spiro atoms. The molecule has 110 valence electrons. The molecule has 3 heteroatoms. The lowest BCUT2D eigenvalue weighted by molar-refractivity contribution is 0.381. The van der Waals surface area contributed by atoms with E-state index in [1.165, 1.54) is 24.1 Å². The number of aromatic nitrogens is 1. The van der Waals surface area contributed by atoms with Crippen molar-refractivity contribution in [2.75, 3.05) is 18.0 Å². The molecule has 1 saturated heterocycles. The van der Waals surface area contributed by atoms with E-state index in [0.717, 1.165) is 13.1 Å². The van der Waals surface area contributed by atoms with Gasteiger partial charge in [0, 0.05) is 43.3 Å². The van der Waals surface area contributed by atoms with Crippen LogP contribution < -0.4 is 10.2 Å². The average molecular weight is 281 g/mol. The number of nitrogens with one attached hydrogen (secondary N) is 1. The van der Waals surface area contributed by atoms with Gasteiger partial charge in [0.15, 0.2) is 0 Å². The molecule has 1 N–H and O–H groups in total. The van der Waals surface area contributed by atoms with Crippen LogP contribution in [0, 0.1) is 0 Å². The molecule has 2 aromatic rings. The van der Waals surface area contributed by atoms with Crippen LogP contribution in [0.3, 0.4) is 0 Å². The van der Waals surface area contributed by atoms with Crippen LogP contribution in [0.4, 0.5) is 5.69 Å². The molecule has 0 saturated carbocycles. The lowest BCUT2D eigenvalue weighted by atomic mass is 10.0. The van der Waals surface area contributed by atoms with Crippen LogP contribution >= 0.6 is 0 Å². The topological polar surface area (TPSA) is 28.2 Å². The number of hydrogen-bond acceptors (Lipinski definition) is 3. The van der Waals surface area contributed by atoms with Gasteiger partial charge < -0.3 is 10.2 Å². The molecule has 1 aromatic heterocycles. The Morgan fingerprint density at radius 2 is 1.71 bits per heavy atom. The summed E-state index contributed by atoms with van der Waals surface area (Å²) >= 11 is 0. The first-order valence-electron chi connectivity index (χ1n) is 7.79. The van der Waals surface area contributed by atoms with Crippen LogP contribution in [0.2, 0.25) is 0 Å². The van der Waals surface area contributed by atoms with Crippen molar-refractivity contribution < 1.29 is 0 Å². The van der Waals surface area contributed by atoms with Crippen LogP contribution in [-0.4, -0.2) is 24.1 Å². The minimum atomic E-state index is 0.420. The largest absolute Gasteiger partial charge is 0.371 e. The molecule has 0 radical (unpaired) electrons. The maximum Gasteiger partial charge on any atom is 0.0397 e. The predicted octanol–water partition coefficient (Wildman–Crippen LogP) is 3.40. The van der Waals surface area contributed by atoms with E-state index in [-0.39, 0.29) is 0 Å². The Kier molecular flexibility index (Phi) is 4.51. The molecule has 0 unspecified atom stereocenters. The third-order valence-corrected chi connectivity index (χ3v) is 4.31. The lowest BCUT2D eigenvalue weighted by Crippen LogP contribution is -2.43. The Morgan fingerprint density at radius 3 is 2.38 bits per heavy atom. The Balaban J connectivity index is 1.52. The van der Waals surface area contributed by atoms with E-state index < -0.39 is 0 Å². The van der Waals surface area contributed by atoms with E-state index in [4.69, 9.17) is 0 Å². The number of benzene rings is 1. The van der Waals surface area contributed by atoms with Crippen molar-refractivity contribution in [3.8, 4) is 0 Å². The van der Waals surface area contributed by atoms with E-state index in [1.807, 2.05) is 12.4 Å². The fourth-order valence-electron chi connectivity index (χ4n) is 3.05. The summed E-state index contributed by atoms with van der Waals surface area (Å²) in [6.45, 7) is 4.48. The minimum absolute atomic E-state index is 0.420. The molecular formula is C18H23N3. The van der Waals surface area contributed by atoms with Crippen molar-refractivity contribution in [3.63, 3.8) is 0 Å². The van der Waals surface area contributed by atoms with E-state index >= 15 is 0 Å². The van der Waals surface area contributed by atoms with Gasteiger partial charge in [-0.3, -0.25) is 4.98 Å². The standard InChI is InChI=1S/C18H23N3/c1-15(16-5-3-2-4-6-16)20-17-9-13-21(14-10-17)18-7-11-19-12-8-18/h2-8,11-12,15,17,20H,9-10,13-14H2,1H3/t15-/m1/s1. The first-order chi connectivity index (χ1) is 10.3. The van der Waals surface area contributed by atoms with Gasteiger partial charge in [0.25, 0.3) is 0 Å². The zero-order valence-electron chi connectivity index (χ0n) is 12.6. The summed E-state index contributed by atoms with van der Waals surface area (Å²) in [7, 11) is 0. The molecule has 1 aromatic carbocycles. The third-order valence-electron chi connectivity index (χ3n) is 4.31. The Morgan fingerprint density at radius 1 is 1.05 bits per heavy atom. The summed E-state index contributed by atoms with van der Waals surface area (Å²) in [5, 5.41) is 3.77. The van der Waals surface area contributed by atoms with Gasteiger partial charge in [-0.2, -0.15) is 0 Å². The molecule has 1 fully saturated rings. The van der Waals surface area contributed by atoms with Crippen LogP contribution in [0.25, 0.3) is 0 Å². The number of pyridine rings is 1. The Labute approximate surface area is 127 Å². The first-order valence-corrected chi connectivity index (χ1v) is 7.79. The zero-order chi connectivity index (χ0) is 14.5. The van der Waals surface area contributed by atoms with E-state index in [9.17, 15) is 0 Å². The highest BCUT2D eigenvalue weighted by molar-refractivity contribution is 5.44. The Bertz CT molecular complexity index is 533. The first kappa shape index (κ1) is 14.1. The predicted molar refractivity (Wildman–Crippen MR) is 87.5 cm³/mol. The summed E-state index contributed by atoms with van der Waals surface area (Å²) in [6.07, 6.45) is 6.13. The van der Waals surface area contributed by atoms with Crippen molar-refractivity contribution in [3.05, 3.63) is 60.4 Å². The number of rotatable bonds is 4. The molecule has 2 heterocycles. The Hall–Kier alpha value is -1.87. The third kappa shape index (κ3) is 3.61. The molecule has 1 atom stereocenters. The van der Waals surface area contributed by atoms with Crippen molar-refractivity contribution in [1.82, 2.24) is 10.3 Å². The van der Waals surface area contributed by atoms with Crippen LogP contribution in [0.1, 0.15) is 31.4 Å². The van der Waals surface area contributed by atoms with Gasteiger partial charge in [-0.05, 0) is 37.5 Å². The van der Waals surface area contributed by atoms with E-state index in [0.29, 0.717) is 12.1 Å². The molecule has 1 aliphatic rings. The van der Waals surface area contributed by atoms with Gasteiger partial charge in [-0.25, -0.2) is 0 Å². The second-order valence-electron chi connectivity index (χ2n) is 5.77. The summed E-state index contributed by atoms with van der Waals surface area (Å²) in [6, 6.07) is 15.9. The van der Waals surface area contributed by atoms with Crippen molar-refractivity contribution in [2.45, 2.75) is 31.8 Å². The van der Waals surface area contributed by atoms with Gasteiger partial charge >= 0.3 is 0 Å². The molecule has 0 bridgehead atoms.